The molecule has 140 valence electrons. The molecule has 0 aliphatic heterocycles. The molecule has 8 nitrogen and oxygen atoms in total. The molecule has 9 heteroatoms. The second-order valence-corrected chi connectivity index (χ2v) is 7.40. The number of hydrogen-bond donors (Lipinski definition) is 2. The van der Waals surface area contributed by atoms with Gasteiger partial charge in [0.2, 0.25) is 0 Å². The summed E-state index contributed by atoms with van der Waals surface area (Å²) in [5, 5.41) is 23.9. The third-order valence-electron chi connectivity index (χ3n) is 3.53. The van der Waals surface area contributed by atoms with Crippen LogP contribution < -0.4 is 5.32 Å². The van der Waals surface area contributed by atoms with Crippen LogP contribution in [0.3, 0.4) is 0 Å². The maximum Gasteiger partial charge on any atom is 0.357 e. The van der Waals surface area contributed by atoms with E-state index in [4.69, 9.17) is 9.05 Å². The first-order valence-corrected chi connectivity index (χ1v) is 9.70. The first-order valence-electron chi connectivity index (χ1n) is 8.09. The standard InChI is InChI=1S/C17H21N2O6P/c1-3-24-26(23,25-4-2)17(13-8-6-5-7-9-13)18-15-11-10-14(19(21)22)12-16(15)20/h5-12,17-18,20H,3-4H2,1-2H3. The van der Waals surface area contributed by atoms with Crippen LogP contribution in [0.4, 0.5) is 11.4 Å². The molecule has 0 saturated heterocycles. The van der Waals surface area contributed by atoms with E-state index in [1.807, 2.05) is 6.07 Å². The van der Waals surface area contributed by atoms with Crippen molar-refractivity contribution in [2.75, 3.05) is 18.5 Å². The van der Waals surface area contributed by atoms with Crippen molar-refractivity contribution in [2.24, 2.45) is 0 Å². The van der Waals surface area contributed by atoms with Gasteiger partial charge in [0.1, 0.15) is 5.75 Å². The van der Waals surface area contributed by atoms with Gasteiger partial charge in [-0.1, -0.05) is 30.3 Å². The quantitative estimate of drug-likeness (QED) is 0.281. The molecule has 0 aliphatic rings. The van der Waals surface area contributed by atoms with Crippen LogP contribution in [0.25, 0.3) is 0 Å². The van der Waals surface area contributed by atoms with Crippen LogP contribution >= 0.6 is 7.60 Å². The van der Waals surface area contributed by atoms with Gasteiger partial charge in [-0.2, -0.15) is 0 Å². The van der Waals surface area contributed by atoms with E-state index in [1.165, 1.54) is 12.1 Å². The number of nitrogens with one attached hydrogen (secondary N) is 1. The lowest BCUT2D eigenvalue weighted by molar-refractivity contribution is -0.384. The van der Waals surface area contributed by atoms with Crippen molar-refractivity contribution in [3.8, 4) is 5.75 Å². The van der Waals surface area contributed by atoms with Crippen LogP contribution in [0, 0.1) is 10.1 Å². The summed E-state index contributed by atoms with van der Waals surface area (Å²) < 4.78 is 24.2. The van der Waals surface area contributed by atoms with Gasteiger partial charge in [0.05, 0.1) is 29.9 Å². The maximum absolute atomic E-state index is 13.3. The topological polar surface area (TPSA) is 111 Å². The Hall–Kier alpha value is -2.41. The fraction of sp³-hybridized carbons (Fsp3) is 0.294. The number of non-ortho nitro benzene ring substituents is 1. The van der Waals surface area contributed by atoms with E-state index in [9.17, 15) is 19.8 Å². The third kappa shape index (κ3) is 4.60. The summed E-state index contributed by atoms with van der Waals surface area (Å²) in [7, 11) is -3.62. The number of anilines is 1. The summed E-state index contributed by atoms with van der Waals surface area (Å²) in [6.07, 6.45) is 0. The molecule has 0 bridgehead atoms. The van der Waals surface area contributed by atoms with Gasteiger partial charge in [0.25, 0.3) is 5.69 Å². The highest BCUT2D eigenvalue weighted by Crippen LogP contribution is 2.61. The van der Waals surface area contributed by atoms with Crippen LogP contribution in [0.15, 0.2) is 48.5 Å². The normalized spacial score (nSPS) is 12.5. The average Bonchev–Trinajstić information content (AvgIpc) is 2.61. The third-order valence-corrected chi connectivity index (χ3v) is 5.83. The molecule has 0 heterocycles. The molecule has 1 unspecified atom stereocenters. The molecular formula is C17H21N2O6P. The van der Waals surface area contributed by atoms with Gasteiger partial charge < -0.3 is 19.5 Å². The molecule has 0 saturated carbocycles. The molecule has 2 N–H and O–H groups in total. The van der Waals surface area contributed by atoms with E-state index in [2.05, 4.69) is 5.32 Å². The molecule has 2 aromatic carbocycles. The van der Waals surface area contributed by atoms with Crippen molar-refractivity contribution < 1.29 is 23.6 Å². The monoisotopic (exact) mass is 380 g/mol. The molecule has 0 fully saturated rings. The smallest absolute Gasteiger partial charge is 0.357 e. The lowest BCUT2D eigenvalue weighted by atomic mass is 10.2. The van der Waals surface area contributed by atoms with Gasteiger partial charge in [0.15, 0.2) is 5.78 Å². The second-order valence-electron chi connectivity index (χ2n) is 5.29. The molecule has 0 spiro atoms. The van der Waals surface area contributed by atoms with Gasteiger partial charge in [-0.05, 0) is 25.5 Å². The van der Waals surface area contributed by atoms with Crippen molar-refractivity contribution in [1.29, 1.82) is 0 Å². The van der Waals surface area contributed by atoms with Gasteiger partial charge in [-0.15, -0.1) is 0 Å². The molecule has 0 radical (unpaired) electrons. The summed E-state index contributed by atoms with van der Waals surface area (Å²) in [6.45, 7) is 3.76. The minimum Gasteiger partial charge on any atom is -0.506 e. The van der Waals surface area contributed by atoms with E-state index in [1.54, 1.807) is 38.1 Å². The first kappa shape index (κ1) is 19.9. The van der Waals surface area contributed by atoms with Gasteiger partial charge >= 0.3 is 7.60 Å². The average molecular weight is 380 g/mol. The molecule has 0 amide bonds. The minimum atomic E-state index is -3.62. The number of phenols is 1. The Kier molecular flexibility index (Phi) is 6.74. The van der Waals surface area contributed by atoms with Crippen molar-refractivity contribution in [3.63, 3.8) is 0 Å². The van der Waals surface area contributed by atoms with Crippen molar-refractivity contribution in [1.82, 2.24) is 0 Å². The maximum atomic E-state index is 13.3. The summed E-state index contributed by atoms with van der Waals surface area (Å²) in [4.78, 5) is 10.2. The summed E-state index contributed by atoms with van der Waals surface area (Å²) >= 11 is 0. The number of aromatic hydroxyl groups is 1. The number of nitro groups is 1. The van der Waals surface area contributed by atoms with E-state index in [0.717, 1.165) is 6.07 Å². The van der Waals surface area contributed by atoms with Crippen LogP contribution in [0.5, 0.6) is 5.75 Å². The van der Waals surface area contributed by atoms with Gasteiger partial charge in [-0.3, -0.25) is 14.7 Å². The molecule has 2 rings (SSSR count). The Balaban J connectivity index is 2.45. The largest absolute Gasteiger partial charge is 0.506 e. The molecule has 1 atom stereocenters. The number of benzene rings is 2. The molecule has 2 aromatic rings. The summed E-state index contributed by atoms with van der Waals surface area (Å²) in [6, 6.07) is 12.5. The zero-order valence-corrected chi connectivity index (χ0v) is 15.4. The molecule has 0 aromatic heterocycles. The Morgan fingerprint density at radius 1 is 1.15 bits per heavy atom. The van der Waals surface area contributed by atoms with Crippen molar-refractivity contribution >= 4 is 19.0 Å². The van der Waals surface area contributed by atoms with Gasteiger partial charge in [-0.25, -0.2) is 0 Å². The highest BCUT2D eigenvalue weighted by molar-refractivity contribution is 7.54. The Morgan fingerprint density at radius 2 is 1.77 bits per heavy atom. The van der Waals surface area contributed by atoms with E-state index in [0.29, 0.717) is 5.56 Å². The van der Waals surface area contributed by atoms with Crippen LogP contribution in [0.2, 0.25) is 0 Å². The summed E-state index contributed by atoms with van der Waals surface area (Å²) in [5.74, 6) is -1.23. The first-order chi connectivity index (χ1) is 12.4. The van der Waals surface area contributed by atoms with Crippen LogP contribution in [-0.4, -0.2) is 23.2 Å². The molecule has 26 heavy (non-hydrogen) atoms. The zero-order chi connectivity index (χ0) is 19.2. The van der Waals surface area contributed by atoms with Crippen LogP contribution in [0.1, 0.15) is 25.2 Å². The second kappa shape index (κ2) is 8.80. The summed E-state index contributed by atoms with van der Waals surface area (Å²) in [5.41, 5.74) is 0.571. The van der Waals surface area contributed by atoms with E-state index in [-0.39, 0.29) is 30.3 Å². The molecular weight excluding hydrogens is 359 g/mol. The lowest BCUT2D eigenvalue weighted by Crippen LogP contribution is -2.15. The zero-order valence-electron chi connectivity index (χ0n) is 14.5. The Morgan fingerprint density at radius 3 is 2.27 bits per heavy atom. The fourth-order valence-corrected chi connectivity index (χ4v) is 4.36. The predicted molar refractivity (Wildman–Crippen MR) is 98.4 cm³/mol. The van der Waals surface area contributed by atoms with E-state index < -0.39 is 18.3 Å². The number of phenolic OH excluding ortho intramolecular Hbond substituents is 1. The van der Waals surface area contributed by atoms with Gasteiger partial charge in [0, 0.05) is 6.07 Å². The van der Waals surface area contributed by atoms with Crippen molar-refractivity contribution in [3.05, 3.63) is 64.2 Å². The highest BCUT2D eigenvalue weighted by atomic mass is 31.2. The number of nitrogens with zero attached hydrogens (tertiary/aromatic N) is 1. The highest BCUT2D eigenvalue weighted by Gasteiger charge is 2.37. The fourth-order valence-electron chi connectivity index (χ4n) is 2.43. The number of rotatable bonds is 9. The molecule has 0 aliphatic carbocycles. The van der Waals surface area contributed by atoms with E-state index >= 15 is 0 Å². The Labute approximate surface area is 151 Å². The minimum absolute atomic E-state index is 0.175. The predicted octanol–water partition coefficient (Wildman–Crippen LogP) is 4.68. The van der Waals surface area contributed by atoms with Crippen LogP contribution in [-0.2, 0) is 13.6 Å². The lowest BCUT2D eigenvalue weighted by Gasteiger charge is -2.28. The SMILES string of the molecule is CCOP(=O)(OCC)C(Nc1ccc([N+](=O)[O-])cc1O)c1ccccc1. The number of hydrogen-bond acceptors (Lipinski definition) is 7. The van der Waals surface area contributed by atoms with Crippen molar-refractivity contribution in [2.45, 2.75) is 19.6 Å². The Bertz CT molecular complexity index is 789. The number of nitro benzene ring substituents is 1.